The van der Waals surface area contributed by atoms with Crippen LogP contribution in [0, 0.1) is 23.2 Å². The molecular formula is C38H57O3P. The highest BCUT2D eigenvalue weighted by atomic mass is 31.2. The summed E-state index contributed by atoms with van der Waals surface area (Å²) >= 11 is 0. The summed E-state index contributed by atoms with van der Waals surface area (Å²) < 4.78 is 13.8. The van der Waals surface area contributed by atoms with Crippen molar-refractivity contribution in [2.75, 3.05) is 12.3 Å². The second kappa shape index (κ2) is 14.5. The van der Waals surface area contributed by atoms with Gasteiger partial charge in [-0.05, 0) is 104 Å². The number of unbranched alkanes of at least 4 members (excludes halogenated alkanes) is 8. The van der Waals surface area contributed by atoms with Crippen LogP contribution in [-0.2, 0) is 11.0 Å². The van der Waals surface area contributed by atoms with Crippen molar-refractivity contribution >= 4 is 12.4 Å². The third-order valence-electron chi connectivity index (χ3n) is 11.8. The van der Waals surface area contributed by atoms with Crippen molar-refractivity contribution in [2.24, 2.45) is 23.2 Å². The molecule has 4 heteroatoms. The maximum atomic E-state index is 13.8. The van der Waals surface area contributed by atoms with Gasteiger partial charge in [0.2, 0.25) is 0 Å². The summed E-state index contributed by atoms with van der Waals surface area (Å²) in [4.78, 5) is 0. The molecule has 0 bridgehead atoms. The van der Waals surface area contributed by atoms with Crippen LogP contribution in [0.2, 0.25) is 0 Å². The molecule has 3 nitrogen and oxygen atoms in total. The Kier molecular flexibility index (Phi) is 11.0. The number of phenols is 1. The summed E-state index contributed by atoms with van der Waals surface area (Å²) in [6.45, 7) is 4.57. The topological polar surface area (TPSA) is 57.5 Å². The molecule has 0 radical (unpaired) electrons. The summed E-state index contributed by atoms with van der Waals surface area (Å²) in [6.07, 6.45) is 20.7. The fraction of sp³-hybridized carbons (Fsp3) is 0.684. The van der Waals surface area contributed by atoms with E-state index in [1.165, 1.54) is 75.3 Å². The van der Waals surface area contributed by atoms with E-state index in [0.29, 0.717) is 29.4 Å². The second-order valence-corrected chi connectivity index (χ2v) is 17.6. The Morgan fingerprint density at radius 3 is 2.29 bits per heavy atom. The standard InChI is InChI=1S/C38H57O3P/c1-3-4-25-42(41,32-17-13-11-14-18-32)26-15-10-8-6-5-7-9-12-16-29-27-30-28-31(39)19-20-33(30)34-23-24-38(2)35(37(29)34)21-22-36(38)40/h11,13-14,17-20,28-29,34-37,39-40H,3-10,12,15-16,21-27H2,1-2H3/t29-,34-,35+,36+,37-,38+,42?/m1/s1. The van der Waals surface area contributed by atoms with Gasteiger partial charge in [0.15, 0.2) is 0 Å². The molecule has 0 saturated heterocycles. The van der Waals surface area contributed by atoms with Crippen LogP contribution in [0.5, 0.6) is 5.75 Å². The van der Waals surface area contributed by atoms with E-state index in [4.69, 9.17) is 0 Å². The SMILES string of the molecule is CCCCP(=O)(CCCCCCCCCC[C@@H]1Cc2cc(O)ccc2[C@H]2CC[C@]3(C)[C@@H](O)CC[C@H]3[C@H]12)c1ccccc1. The average molecular weight is 593 g/mol. The maximum Gasteiger partial charge on any atom is 0.115 e. The highest BCUT2D eigenvalue weighted by Gasteiger charge is 2.56. The molecule has 0 aliphatic heterocycles. The van der Waals surface area contributed by atoms with E-state index < -0.39 is 7.14 Å². The molecule has 2 aromatic carbocycles. The third-order valence-corrected chi connectivity index (χ3v) is 15.1. The van der Waals surface area contributed by atoms with Crippen LogP contribution in [0.3, 0.4) is 0 Å². The van der Waals surface area contributed by atoms with Gasteiger partial charge in [-0.25, -0.2) is 0 Å². The average Bonchev–Trinajstić information content (AvgIpc) is 3.30. The van der Waals surface area contributed by atoms with Gasteiger partial charge in [0.25, 0.3) is 0 Å². The summed E-state index contributed by atoms with van der Waals surface area (Å²) in [5.74, 6) is 3.00. The van der Waals surface area contributed by atoms with E-state index in [9.17, 15) is 14.8 Å². The fourth-order valence-corrected chi connectivity index (χ4v) is 12.4. The predicted molar refractivity (Wildman–Crippen MR) is 177 cm³/mol. The van der Waals surface area contributed by atoms with E-state index in [0.717, 1.165) is 56.2 Å². The lowest BCUT2D eigenvalue weighted by Crippen LogP contribution is -2.47. The molecule has 0 heterocycles. The molecule has 7 atom stereocenters. The zero-order chi connectivity index (χ0) is 29.6. The highest BCUT2D eigenvalue weighted by molar-refractivity contribution is 7.71. The van der Waals surface area contributed by atoms with Gasteiger partial charge in [-0.2, -0.15) is 0 Å². The van der Waals surface area contributed by atoms with E-state index >= 15 is 0 Å². The van der Waals surface area contributed by atoms with Gasteiger partial charge in [0, 0.05) is 17.6 Å². The Labute approximate surface area is 256 Å². The number of aliphatic hydroxyl groups excluding tert-OH is 1. The van der Waals surface area contributed by atoms with Crippen LogP contribution in [0.15, 0.2) is 48.5 Å². The van der Waals surface area contributed by atoms with Crippen molar-refractivity contribution in [3.05, 3.63) is 59.7 Å². The summed E-state index contributed by atoms with van der Waals surface area (Å²) in [6, 6.07) is 16.4. The minimum atomic E-state index is -2.25. The van der Waals surface area contributed by atoms with Crippen molar-refractivity contribution in [1.82, 2.24) is 0 Å². The lowest BCUT2D eigenvalue weighted by Gasteiger charge is -2.53. The molecule has 42 heavy (non-hydrogen) atoms. The zero-order valence-corrected chi connectivity index (χ0v) is 27.4. The van der Waals surface area contributed by atoms with Crippen LogP contribution in [0.4, 0.5) is 0 Å². The van der Waals surface area contributed by atoms with E-state index in [-0.39, 0.29) is 11.5 Å². The molecule has 0 aromatic heterocycles. The monoisotopic (exact) mass is 592 g/mol. The Balaban J connectivity index is 1.05. The maximum absolute atomic E-state index is 13.8. The molecule has 2 N–H and O–H groups in total. The van der Waals surface area contributed by atoms with E-state index in [1.807, 2.05) is 30.3 Å². The number of aliphatic hydroxyl groups is 1. The summed E-state index contributed by atoms with van der Waals surface area (Å²) in [5.41, 5.74) is 2.97. The number of benzene rings is 2. The third kappa shape index (κ3) is 7.04. The molecule has 2 fully saturated rings. The van der Waals surface area contributed by atoms with Gasteiger partial charge in [-0.15, -0.1) is 0 Å². The summed E-state index contributed by atoms with van der Waals surface area (Å²) in [5, 5.41) is 22.2. The van der Waals surface area contributed by atoms with E-state index in [1.54, 1.807) is 0 Å². The largest absolute Gasteiger partial charge is 0.508 e. The zero-order valence-electron chi connectivity index (χ0n) is 26.5. The quantitative estimate of drug-likeness (QED) is 0.160. The lowest BCUT2D eigenvalue weighted by atomic mass is 9.52. The number of hydrogen-bond acceptors (Lipinski definition) is 3. The smallest absolute Gasteiger partial charge is 0.115 e. The molecule has 3 aliphatic carbocycles. The van der Waals surface area contributed by atoms with Gasteiger partial charge >= 0.3 is 0 Å². The normalized spacial score (nSPS) is 29.8. The molecule has 3 aliphatic rings. The summed E-state index contributed by atoms with van der Waals surface area (Å²) in [7, 11) is -2.25. The van der Waals surface area contributed by atoms with Crippen LogP contribution >= 0.6 is 7.14 Å². The van der Waals surface area contributed by atoms with Crippen molar-refractivity contribution in [3.8, 4) is 5.75 Å². The molecule has 2 saturated carbocycles. The number of rotatable bonds is 15. The highest BCUT2D eigenvalue weighted by Crippen LogP contribution is 2.62. The van der Waals surface area contributed by atoms with Crippen molar-refractivity contribution in [3.63, 3.8) is 0 Å². The van der Waals surface area contributed by atoms with Crippen LogP contribution in [0.1, 0.15) is 127 Å². The second-order valence-electron chi connectivity index (χ2n) is 14.4. The number of aromatic hydroxyl groups is 1. The lowest BCUT2D eigenvalue weighted by molar-refractivity contribution is -0.0396. The first-order valence-corrected chi connectivity index (χ1v) is 19.6. The van der Waals surface area contributed by atoms with Crippen molar-refractivity contribution in [1.29, 1.82) is 0 Å². The Morgan fingerprint density at radius 2 is 1.55 bits per heavy atom. The minimum absolute atomic E-state index is 0.0959. The van der Waals surface area contributed by atoms with Gasteiger partial charge in [-0.3, -0.25) is 0 Å². The molecule has 2 aromatic rings. The van der Waals surface area contributed by atoms with Crippen LogP contribution in [0.25, 0.3) is 0 Å². The Hall–Kier alpha value is -1.57. The molecule has 0 amide bonds. The first-order chi connectivity index (χ1) is 20.4. The van der Waals surface area contributed by atoms with E-state index in [2.05, 4.69) is 32.0 Å². The van der Waals surface area contributed by atoms with Crippen molar-refractivity contribution < 1.29 is 14.8 Å². The van der Waals surface area contributed by atoms with Crippen LogP contribution in [-0.4, -0.2) is 28.6 Å². The number of phenolic OH excluding ortho intramolecular Hbond substituents is 1. The number of fused-ring (bicyclic) bond motifs is 5. The van der Waals surface area contributed by atoms with Gasteiger partial charge < -0.3 is 14.8 Å². The molecule has 0 spiro atoms. The Morgan fingerprint density at radius 1 is 0.857 bits per heavy atom. The number of hydrogen-bond donors (Lipinski definition) is 2. The van der Waals surface area contributed by atoms with Crippen LogP contribution < -0.4 is 5.30 Å². The van der Waals surface area contributed by atoms with Crippen molar-refractivity contribution in [2.45, 2.75) is 129 Å². The molecule has 232 valence electrons. The van der Waals surface area contributed by atoms with Gasteiger partial charge in [0.1, 0.15) is 12.9 Å². The Bertz CT molecular complexity index is 1180. The molecular weight excluding hydrogens is 535 g/mol. The predicted octanol–water partition coefficient (Wildman–Crippen LogP) is 9.83. The fourth-order valence-electron chi connectivity index (χ4n) is 9.35. The van der Waals surface area contributed by atoms with Gasteiger partial charge in [0.05, 0.1) is 6.10 Å². The molecule has 5 rings (SSSR count). The van der Waals surface area contributed by atoms with Gasteiger partial charge in [-0.1, -0.05) is 102 Å². The molecule has 1 unspecified atom stereocenters. The first kappa shape index (κ1) is 31.8. The minimum Gasteiger partial charge on any atom is -0.508 e. The first-order valence-electron chi connectivity index (χ1n) is 17.5.